The molecule has 0 unspecified atom stereocenters. The van der Waals surface area contributed by atoms with E-state index in [2.05, 4.69) is 55.4 Å². The van der Waals surface area contributed by atoms with Gasteiger partial charge < -0.3 is 42.6 Å². The van der Waals surface area contributed by atoms with Crippen molar-refractivity contribution in [2.24, 2.45) is 0 Å². The molecule has 0 aliphatic heterocycles. The third kappa shape index (κ3) is 32.4. The van der Waals surface area contributed by atoms with E-state index in [1.165, 1.54) is 0 Å². The van der Waals surface area contributed by atoms with Gasteiger partial charge in [-0.2, -0.15) is 79.1 Å². The molecule has 4 fully saturated rings. The summed E-state index contributed by atoms with van der Waals surface area (Å²) in [4.78, 5) is 0. The summed E-state index contributed by atoms with van der Waals surface area (Å²) in [5.74, 6) is 6.26. The van der Waals surface area contributed by atoms with Gasteiger partial charge in [-0.3, -0.25) is 0 Å². The summed E-state index contributed by atoms with van der Waals surface area (Å²) in [6.07, 6.45) is 9.25. The second kappa shape index (κ2) is 39.7. The summed E-state index contributed by atoms with van der Waals surface area (Å²) in [5, 5.41) is 0. The molecular weight excluding hydrogens is 1540 g/mol. The number of hydrogen-bond donors (Lipinski definition) is 0. The molecule has 4 aliphatic rings. The van der Waals surface area contributed by atoms with Crippen LogP contribution in [0.3, 0.4) is 0 Å². The zero-order valence-corrected chi connectivity index (χ0v) is 50.3. The van der Waals surface area contributed by atoms with Crippen LogP contribution < -0.4 is 0 Å². The Morgan fingerprint density at radius 2 is 0.432 bits per heavy atom. The Balaban J connectivity index is -0.0000000284. The summed E-state index contributed by atoms with van der Waals surface area (Å²) >= 11 is 0. The third-order valence-corrected chi connectivity index (χ3v) is 7.38. The van der Waals surface area contributed by atoms with Gasteiger partial charge in [0.15, 0.2) is 0 Å². The normalized spacial score (nSPS) is 19.9. The van der Waals surface area contributed by atoms with Crippen molar-refractivity contribution in [3.63, 3.8) is 0 Å². The van der Waals surface area contributed by atoms with Crippen LogP contribution in [0.15, 0.2) is 0 Å². The van der Waals surface area contributed by atoms with Crippen LogP contribution in [0.4, 0.5) is 0 Å². The summed E-state index contributed by atoms with van der Waals surface area (Å²) in [7, 11) is 7.14. The first-order chi connectivity index (χ1) is 14.6. The van der Waals surface area contributed by atoms with Gasteiger partial charge in [0.2, 0.25) is 0 Å². The van der Waals surface area contributed by atoms with Crippen molar-refractivity contribution in [1.29, 1.82) is 0 Å². The molecule has 4 saturated carbocycles. The van der Waals surface area contributed by atoms with Gasteiger partial charge in [-0.1, -0.05) is 29.7 Å². The molecule has 0 aromatic carbocycles. The fourth-order valence-corrected chi connectivity index (χ4v) is 5.48. The van der Waals surface area contributed by atoms with Gasteiger partial charge in [0.05, 0.1) is 0 Å². The predicted octanol–water partition coefficient (Wildman–Crippen LogP) is 9.64. The van der Waals surface area contributed by atoms with Crippen molar-refractivity contribution in [3.05, 3.63) is 23.7 Å². The molecule has 0 saturated heterocycles. The molecule has 0 amide bonds. The van der Waals surface area contributed by atoms with Gasteiger partial charge in [0.1, 0.15) is 0 Å². The quantitative estimate of drug-likeness (QED) is 0.263. The Morgan fingerprint density at radius 1 is 0.341 bits per heavy atom. The number of hydrogen-bond acceptors (Lipinski definition) is 4. The van der Waals surface area contributed by atoms with Crippen LogP contribution in [-0.2, 0) is 234 Å². The summed E-state index contributed by atoms with van der Waals surface area (Å²) in [6, 6.07) is 0. The maximum Gasteiger partial charge on any atom is 0.0359 e. The van der Waals surface area contributed by atoms with E-state index in [0.29, 0.717) is 0 Å². The van der Waals surface area contributed by atoms with E-state index in [9.17, 15) is 0 Å². The molecule has 4 rings (SSSR count). The number of ether oxygens (including phenoxy) is 4. The zero-order chi connectivity index (χ0) is 24.8. The molecular formula is C32H68O4W4Y4-4. The average molecular weight is 1610 g/mol. The second-order valence-electron chi connectivity index (χ2n) is 11.9. The van der Waals surface area contributed by atoms with Gasteiger partial charge in [-0.25, -0.2) is 0 Å². The van der Waals surface area contributed by atoms with E-state index in [0.717, 1.165) is 51.4 Å². The molecule has 4 radical (unpaired) electrons. The van der Waals surface area contributed by atoms with Crippen LogP contribution in [0.5, 0.6) is 0 Å². The standard InChI is InChI=1S/4C7H13O.4CH4.4W.4Y/c4*1-6-4-7(2,5-6)8-3;;;;;;;;;;;;/h4*4-5H2,1-3H3;4*1H4;;;;;;;;/q4*-1;;;;;;;;;;;;. The van der Waals surface area contributed by atoms with Crippen LogP contribution in [0.25, 0.3) is 0 Å². The van der Waals surface area contributed by atoms with Crippen LogP contribution >= 0.6 is 0 Å². The predicted molar refractivity (Wildman–Crippen MR) is 161 cm³/mol. The minimum Gasteiger partial charge on any atom is -0.384 e. The SMILES string of the molecule is C.C.C.C.COC1(C)C[C-](C)C1.COC1(C)C[C-](C)C1.COC1(C)C[C-](C)C1.COC1(C)C[C-](C)C1.[W].[W].[W].[W].[Y].[Y].[Y].[Y]. The molecule has 4 nitrogen and oxygen atoms in total. The average Bonchev–Trinajstić information content (AvgIpc) is 2.65. The van der Waals surface area contributed by atoms with Gasteiger partial charge in [0, 0.05) is 266 Å². The van der Waals surface area contributed by atoms with Crippen molar-refractivity contribution >= 4 is 0 Å². The van der Waals surface area contributed by atoms with Crippen molar-refractivity contribution in [2.45, 2.75) is 159 Å². The Labute approximate surface area is 437 Å². The monoisotopic (exact) mass is 1610 g/mol. The van der Waals surface area contributed by atoms with Crippen molar-refractivity contribution in [1.82, 2.24) is 0 Å². The van der Waals surface area contributed by atoms with Gasteiger partial charge in [-0.15, -0.1) is 0 Å². The first-order valence-electron chi connectivity index (χ1n) is 12.1. The van der Waals surface area contributed by atoms with E-state index in [4.69, 9.17) is 18.9 Å². The molecule has 0 aromatic rings. The van der Waals surface area contributed by atoms with Gasteiger partial charge in [-0.05, 0) is 27.7 Å². The van der Waals surface area contributed by atoms with E-state index in [1.54, 1.807) is 52.1 Å². The van der Waals surface area contributed by atoms with Gasteiger partial charge >= 0.3 is 0 Å². The number of rotatable bonds is 4. The minimum absolute atomic E-state index is 0. The first kappa shape index (κ1) is 83.8. The molecule has 0 atom stereocenters. The van der Waals surface area contributed by atoms with E-state index in [-0.39, 0.29) is 267 Å². The molecule has 0 spiro atoms. The molecule has 260 valence electrons. The van der Waals surface area contributed by atoms with Gasteiger partial charge in [0.25, 0.3) is 0 Å². The zero-order valence-electron chi connectivity index (χ0n) is 27.2. The number of methoxy groups -OCH3 is 4. The maximum atomic E-state index is 5.22. The van der Waals surface area contributed by atoms with Crippen molar-refractivity contribution in [3.8, 4) is 0 Å². The fraction of sp³-hybridized carbons (Fsp3) is 0.875. The molecule has 0 heterocycles. The topological polar surface area (TPSA) is 36.9 Å². The van der Waals surface area contributed by atoms with E-state index >= 15 is 0 Å². The van der Waals surface area contributed by atoms with E-state index in [1.807, 2.05) is 0 Å². The Morgan fingerprint density at radius 3 is 0.455 bits per heavy atom. The van der Waals surface area contributed by atoms with Crippen molar-refractivity contribution < 1.29 is 234 Å². The first-order valence-corrected chi connectivity index (χ1v) is 12.1. The van der Waals surface area contributed by atoms with Crippen LogP contribution in [0.2, 0.25) is 0 Å². The Hall–Kier alpha value is 7.01. The molecule has 4 aliphatic carbocycles. The Kier molecular flexibility index (Phi) is 75.6. The van der Waals surface area contributed by atoms with E-state index < -0.39 is 0 Å². The summed E-state index contributed by atoms with van der Waals surface area (Å²) in [6.45, 7) is 17.3. The smallest absolute Gasteiger partial charge is 0.0359 e. The fourth-order valence-electron chi connectivity index (χ4n) is 5.48. The van der Waals surface area contributed by atoms with Crippen LogP contribution in [0, 0.1) is 23.7 Å². The summed E-state index contributed by atoms with van der Waals surface area (Å²) in [5.41, 5.74) is 0.794. The summed E-state index contributed by atoms with van der Waals surface area (Å²) < 4.78 is 20.9. The minimum atomic E-state index is 0. The Bertz CT molecular complexity index is 464. The van der Waals surface area contributed by atoms with Crippen LogP contribution in [0.1, 0.15) is 136 Å². The molecule has 0 aromatic heterocycles. The second-order valence-corrected chi connectivity index (χ2v) is 11.9. The molecule has 12 heteroatoms. The van der Waals surface area contributed by atoms with Crippen LogP contribution in [-0.4, -0.2) is 50.8 Å². The third-order valence-electron chi connectivity index (χ3n) is 7.38. The molecule has 0 bridgehead atoms. The molecule has 44 heavy (non-hydrogen) atoms. The van der Waals surface area contributed by atoms with Crippen molar-refractivity contribution in [2.75, 3.05) is 28.4 Å². The maximum absolute atomic E-state index is 5.22. The molecule has 0 N–H and O–H groups in total. The largest absolute Gasteiger partial charge is 0.384 e.